The number of aliphatic hydroxyl groups is 11. The molecule has 36 heteroatoms. The van der Waals surface area contributed by atoms with E-state index in [1.54, 1.807) is 32.6 Å². The molecular formula is C75H121N10O19P5S2. The molecule has 10 rings (SSSR count). The molecule has 10 heterocycles. The van der Waals surface area contributed by atoms with Crippen molar-refractivity contribution in [2.75, 3.05) is 111 Å². The van der Waals surface area contributed by atoms with Crippen molar-refractivity contribution in [3.05, 3.63) is 120 Å². The number of nitrogens with zero attached hydrogens (tertiary/aromatic N) is 3. The van der Waals surface area contributed by atoms with Crippen molar-refractivity contribution >= 4 is 118 Å². The molecule has 0 bridgehead atoms. The Labute approximate surface area is 665 Å². The zero-order valence-corrected chi connectivity index (χ0v) is 72.0. The minimum atomic E-state index is -1.26. The van der Waals surface area contributed by atoms with E-state index in [1.807, 2.05) is 0 Å². The van der Waals surface area contributed by atoms with Crippen LogP contribution in [0.3, 0.4) is 0 Å². The number of hydrogen-bond donors (Lipinski definition) is 18. The number of hydrogen-bond acceptors (Lipinski definition) is 23. The topological polar surface area (TPSA) is 414 Å². The van der Waals surface area contributed by atoms with Crippen LogP contribution in [0, 0.1) is 11.8 Å². The molecule has 10 aliphatic rings. The van der Waals surface area contributed by atoms with Crippen LogP contribution in [0.15, 0.2) is 120 Å². The van der Waals surface area contributed by atoms with Crippen LogP contribution in [0.4, 0.5) is 4.79 Å². The Hall–Kier alpha value is -4.99. The summed E-state index contributed by atoms with van der Waals surface area (Å²) in [5.74, 6) is 5.09. The molecule has 622 valence electrons. The molecule has 0 aromatic heterocycles. The number of urea groups is 1. The number of carbonyl (C=O) groups excluding carboxylic acids is 3. The van der Waals surface area contributed by atoms with Crippen LogP contribution in [0.2, 0.25) is 0 Å². The second-order valence-corrected chi connectivity index (χ2v) is 54.8. The van der Waals surface area contributed by atoms with E-state index in [-0.39, 0.29) is 46.9 Å². The third kappa shape index (κ3) is 26.8. The highest BCUT2D eigenvalue weighted by atomic mass is 32.1. The van der Waals surface area contributed by atoms with Crippen molar-refractivity contribution < 1.29 is 94.2 Å². The number of carbonyl (C=O) groups is 3. The molecule has 18 N–H and O–H groups in total. The molecule has 0 aromatic rings. The number of amides is 4. The Morgan fingerprint density at radius 2 is 0.739 bits per heavy atom. The van der Waals surface area contributed by atoms with E-state index in [0.29, 0.717) is 76.1 Å². The summed E-state index contributed by atoms with van der Waals surface area (Å²) >= 11 is 9.97. The molecular weight excluding hydrogens is 1560 g/mol. The molecule has 10 aliphatic heterocycles. The van der Waals surface area contributed by atoms with Gasteiger partial charge in [-0.25, -0.2) is 4.79 Å². The number of aliphatic hydroxyl groups excluding tert-OH is 11. The highest BCUT2D eigenvalue weighted by molar-refractivity contribution is 7.80. The summed E-state index contributed by atoms with van der Waals surface area (Å²) in [6.45, 7) is 35.4. The average molecular weight is 1690 g/mol. The van der Waals surface area contributed by atoms with Crippen molar-refractivity contribution in [3.8, 4) is 11.8 Å². The molecule has 0 spiro atoms. The minimum absolute atomic E-state index is 0.135. The Kier molecular flexibility index (Phi) is 34.0. The van der Waals surface area contributed by atoms with Gasteiger partial charge in [-0.2, -0.15) is 0 Å². The number of ether oxygens (including phenoxy) is 5. The largest absolute Gasteiger partial charge is 0.391 e. The van der Waals surface area contributed by atoms with Crippen molar-refractivity contribution in [3.63, 3.8) is 0 Å². The fraction of sp³-hybridized carbons (Fsp3) is 0.573. The lowest BCUT2D eigenvalue weighted by molar-refractivity contribution is -0.120. The SMILES string of the molecule is C=C1NC(=O)C(C#CC)=CN1[C@@H]1O[C@H](CCP(=C)(C)C)[C@@H](O)[C@H]1O.C=C1NC(=O)C(CO)=CN1[C@@H]1O[C@H](CCP(=C)(C)C)[C@@H](O)[C@H]1O.C=C1NC(=O)N(C)C=C1[C@@H]1O[C@H](CCP(=C)(C)C)[C@@H](O)[C@H]1O.C=C1NC(=S)NC=C1[C@@H]1O[C@H](CCP(=C)(C)C)[C@@H](O)[C@H]1O.C=C1NC(=S)NC=C1[C@@H]1O[C@H](CCP(=C)(C)C)[C@@H](O)[C@H]1O. The van der Waals surface area contributed by atoms with E-state index >= 15 is 0 Å². The molecule has 0 radical (unpaired) electrons. The summed E-state index contributed by atoms with van der Waals surface area (Å²) in [6.07, 6.45) is 20.4. The van der Waals surface area contributed by atoms with Gasteiger partial charge in [0.25, 0.3) is 11.8 Å². The van der Waals surface area contributed by atoms with E-state index in [2.05, 4.69) is 180 Å². The van der Waals surface area contributed by atoms with Gasteiger partial charge in [-0.15, -0.1) is 71.8 Å². The smallest absolute Gasteiger partial charge is 0.325 e. The first-order valence-corrected chi connectivity index (χ1v) is 52.2. The van der Waals surface area contributed by atoms with E-state index in [9.17, 15) is 70.6 Å². The molecule has 0 aromatic carbocycles. The number of thiocarbonyl (C=S) groups is 2. The first-order chi connectivity index (χ1) is 51.2. The number of nitrogens with one attached hydrogen (secondary N) is 7. The molecule has 0 aliphatic carbocycles. The van der Waals surface area contributed by atoms with Crippen LogP contribution < -0.4 is 37.2 Å². The van der Waals surface area contributed by atoms with Crippen LogP contribution >= 0.6 is 58.9 Å². The first-order valence-electron chi connectivity index (χ1n) is 36.1. The quantitative estimate of drug-likeness (QED) is 0.0436. The van der Waals surface area contributed by atoms with E-state index in [4.69, 9.17) is 48.1 Å². The van der Waals surface area contributed by atoms with Gasteiger partial charge in [0.05, 0.1) is 42.7 Å². The van der Waals surface area contributed by atoms with Gasteiger partial charge < -0.3 is 132 Å². The van der Waals surface area contributed by atoms with E-state index in [1.165, 1.54) is 27.1 Å². The Bertz CT molecular complexity index is 3920. The first kappa shape index (κ1) is 94.9. The highest BCUT2D eigenvalue weighted by Gasteiger charge is 2.51. The molecule has 111 heavy (non-hydrogen) atoms. The molecule has 5 saturated heterocycles. The second kappa shape index (κ2) is 39.8. The van der Waals surface area contributed by atoms with Crippen molar-refractivity contribution in [2.24, 2.45) is 0 Å². The van der Waals surface area contributed by atoms with Gasteiger partial charge in [0.1, 0.15) is 96.6 Å². The lowest BCUT2D eigenvalue weighted by Crippen LogP contribution is -2.48. The molecule has 0 saturated carbocycles. The summed E-state index contributed by atoms with van der Waals surface area (Å²) in [4.78, 5) is 39.3. The van der Waals surface area contributed by atoms with Gasteiger partial charge in [0.15, 0.2) is 22.7 Å². The Balaban J connectivity index is 0.000000217. The Morgan fingerprint density at radius 1 is 0.432 bits per heavy atom. The summed E-state index contributed by atoms with van der Waals surface area (Å²) < 4.78 is 29.2. The fourth-order valence-electron chi connectivity index (χ4n) is 12.8. The highest BCUT2D eigenvalue weighted by Crippen LogP contribution is 2.44. The third-order valence-electron chi connectivity index (χ3n) is 19.2. The maximum Gasteiger partial charge on any atom is 0.325 e. The van der Waals surface area contributed by atoms with Crippen LogP contribution in [0.25, 0.3) is 0 Å². The standard InChI is InChI=1S/C17H25N2O4P.C15H25N2O5P.C15H25N2O4P.2C14H23N2O3PS/c1-6-7-12-10-19(11(2)18-16(12)22)17-15(21)14(20)13(23-17)8-9-24(3,4)5;1-9-16-14(21)10(8-18)7-17(9)15-13(20)12(19)11(22-15)5-6-23(2,3)4;1-9-10(8-17(2)15(20)16-9)14-13(19)12(18)11(21-14)6-7-22(3,4)5;2*1-8-9(7-15-14(21)16-8)13-12(18)11(17)10(19-13)5-6-20(2,3)4/h10,13-15,17,20-21H,2-3,8-9H2,1,4-5H3,(H,18,22);7,11-13,15,18-20H,1-2,5-6,8H2,3-4H3,(H,16,21);8,11-14,18-19H,1,3,6-7H2,2,4-5H3,(H,16,20);2*7,10-13,17-18H,1-2,5-6H2,3-4H3,(H2,15,16,21)/t13-,14-,15-,17-;11-,12-,13-,15-;11-,12-,13-,14+;2*10-,11-,12-,13+/m11111/s1. The van der Waals surface area contributed by atoms with Gasteiger partial charge >= 0.3 is 6.03 Å². The average Bonchev–Trinajstić information content (AvgIpc) is 1.70. The van der Waals surface area contributed by atoms with E-state index in [0.717, 1.165) is 30.8 Å². The minimum Gasteiger partial charge on any atom is -0.391 e. The lowest BCUT2D eigenvalue weighted by Gasteiger charge is -2.34. The predicted molar refractivity (Wildman–Crippen MR) is 461 cm³/mol. The molecule has 4 amide bonds. The van der Waals surface area contributed by atoms with Crippen LogP contribution in [-0.2, 0) is 33.3 Å². The fourth-order valence-corrected chi connectivity index (χ4v) is 17.9. The van der Waals surface area contributed by atoms with Gasteiger partial charge in [-0.1, -0.05) is 38.8 Å². The van der Waals surface area contributed by atoms with Crippen molar-refractivity contribution in [1.29, 1.82) is 0 Å². The molecule has 20 atom stereocenters. The summed E-state index contributed by atoms with van der Waals surface area (Å²) in [5, 5.41) is 132. The molecule has 5 fully saturated rings. The maximum atomic E-state index is 11.9. The maximum absolute atomic E-state index is 11.9. The zero-order valence-electron chi connectivity index (χ0n) is 65.9. The van der Waals surface area contributed by atoms with Crippen LogP contribution in [0.1, 0.15) is 39.0 Å². The predicted octanol–water partition coefficient (Wildman–Crippen LogP) is 1.18. The molecule has 29 nitrogen and oxygen atoms in total. The summed E-state index contributed by atoms with van der Waals surface area (Å²) in [5.41, 5.74) is 3.90. The van der Waals surface area contributed by atoms with Gasteiger partial charge in [-0.3, -0.25) is 9.59 Å². The molecule has 0 unspecified atom stereocenters. The summed E-state index contributed by atoms with van der Waals surface area (Å²) in [7, 11) is 1.60. The van der Waals surface area contributed by atoms with Crippen LogP contribution in [-0.4, -0.2) is 364 Å². The third-order valence-corrected chi connectivity index (χ3v) is 27.0. The van der Waals surface area contributed by atoms with Crippen LogP contribution in [0.5, 0.6) is 0 Å². The van der Waals surface area contributed by atoms with Gasteiger partial charge in [-0.05, 0) is 161 Å². The Morgan fingerprint density at radius 3 is 1.06 bits per heavy atom. The van der Waals surface area contributed by atoms with Gasteiger partial charge in [0, 0.05) is 71.9 Å². The van der Waals surface area contributed by atoms with Crippen molar-refractivity contribution in [2.45, 2.75) is 161 Å². The normalized spacial score (nSPS) is 32.4. The summed E-state index contributed by atoms with van der Waals surface area (Å²) in [6, 6.07) is -0.290. The van der Waals surface area contributed by atoms with Crippen molar-refractivity contribution in [1.82, 2.24) is 51.9 Å². The second-order valence-electron chi connectivity index (χ2n) is 32.4. The lowest BCUT2D eigenvalue weighted by atomic mass is 9.99. The monoisotopic (exact) mass is 1680 g/mol. The van der Waals surface area contributed by atoms with E-state index < -0.39 is 157 Å². The van der Waals surface area contributed by atoms with Gasteiger partial charge in [0.2, 0.25) is 0 Å². The number of rotatable bonds is 21. The zero-order chi connectivity index (χ0) is 83.7.